The second-order valence-corrected chi connectivity index (χ2v) is 9.89. The van der Waals surface area contributed by atoms with E-state index in [2.05, 4.69) is 58.6 Å². The van der Waals surface area contributed by atoms with E-state index in [9.17, 15) is 4.79 Å². The Morgan fingerprint density at radius 2 is 2.03 bits per heavy atom. The number of rotatable bonds is 7. The van der Waals surface area contributed by atoms with Gasteiger partial charge in [0.1, 0.15) is 11.3 Å². The van der Waals surface area contributed by atoms with Crippen molar-refractivity contribution in [1.29, 1.82) is 5.41 Å². The molecule has 35 heavy (non-hydrogen) atoms. The smallest absolute Gasteiger partial charge is 0.410 e. The Morgan fingerprint density at radius 1 is 1.29 bits per heavy atom. The Morgan fingerprint density at radius 3 is 2.66 bits per heavy atom. The largest absolute Gasteiger partial charge is 0.444 e. The summed E-state index contributed by atoms with van der Waals surface area (Å²) in [5.74, 6) is 0.306. The summed E-state index contributed by atoms with van der Waals surface area (Å²) in [7, 11) is 1.73. The van der Waals surface area contributed by atoms with Crippen LogP contribution in [0.5, 0.6) is 0 Å². The first-order valence-corrected chi connectivity index (χ1v) is 11.8. The van der Waals surface area contributed by atoms with Gasteiger partial charge >= 0.3 is 12.1 Å². The van der Waals surface area contributed by atoms with Crippen molar-refractivity contribution in [3.05, 3.63) is 40.8 Å². The highest BCUT2D eigenvalue weighted by Gasteiger charge is 2.31. The van der Waals surface area contributed by atoms with Crippen LogP contribution in [0.25, 0.3) is 5.70 Å². The number of aryl methyl sites for hydroxylation is 1. The molecule has 10 heteroatoms. The molecule has 0 spiro atoms. The van der Waals surface area contributed by atoms with Gasteiger partial charge in [-0.2, -0.15) is 0 Å². The summed E-state index contributed by atoms with van der Waals surface area (Å²) in [6.45, 7) is 14.8. The number of allylic oxidation sites excluding steroid dienone is 1. The van der Waals surface area contributed by atoms with Crippen LogP contribution in [0.2, 0.25) is 0 Å². The summed E-state index contributed by atoms with van der Waals surface area (Å²) in [4.78, 5) is 16.7. The first-order chi connectivity index (χ1) is 16.5. The normalized spacial score (nSPS) is 17.3. The van der Waals surface area contributed by atoms with E-state index in [-0.39, 0.29) is 18.1 Å². The summed E-state index contributed by atoms with van der Waals surface area (Å²) in [5, 5.41) is 21.6. The average molecular weight is 484 g/mol. The van der Waals surface area contributed by atoms with Gasteiger partial charge in [-0.25, -0.2) is 4.79 Å². The van der Waals surface area contributed by atoms with Crippen molar-refractivity contribution in [1.82, 2.24) is 25.3 Å². The molecule has 3 rings (SSSR count). The molecule has 3 N–H and O–H groups in total. The molecule has 2 aromatic rings. The SMILES string of the molecule is CN/C(=C\C=N)c1nnc(Nc2cc(C)cc(CN3CCN(C(=O)OC(C)(C)C)[C@@H](C)C3)c2C)o1. The van der Waals surface area contributed by atoms with Gasteiger partial charge in [-0.1, -0.05) is 11.2 Å². The molecule has 1 atom stereocenters. The highest BCUT2D eigenvalue weighted by Crippen LogP contribution is 2.27. The highest BCUT2D eigenvalue weighted by molar-refractivity contribution is 5.80. The van der Waals surface area contributed by atoms with Gasteiger partial charge in [-0.3, -0.25) is 4.90 Å². The zero-order valence-electron chi connectivity index (χ0n) is 21.7. The molecule has 0 saturated carbocycles. The fourth-order valence-electron chi connectivity index (χ4n) is 4.08. The second kappa shape index (κ2) is 10.9. The molecule has 0 bridgehead atoms. The molecule has 1 fully saturated rings. The molecule has 1 amide bonds. The van der Waals surface area contributed by atoms with E-state index in [1.54, 1.807) is 13.1 Å². The van der Waals surface area contributed by atoms with E-state index in [0.29, 0.717) is 18.1 Å². The Balaban J connectivity index is 1.70. The number of hydrogen-bond acceptors (Lipinski definition) is 9. The number of nitrogens with one attached hydrogen (secondary N) is 3. The molecule has 1 saturated heterocycles. The predicted octanol–water partition coefficient (Wildman–Crippen LogP) is 4.08. The Bertz CT molecular complexity index is 1090. The second-order valence-electron chi connectivity index (χ2n) is 9.89. The van der Waals surface area contributed by atoms with E-state index in [1.165, 1.54) is 5.56 Å². The minimum atomic E-state index is -0.500. The van der Waals surface area contributed by atoms with E-state index in [1.807, 2.05) is 25.7 Å². The highest BCUT2D eigenvalue weighted by atomic mass is 16.6. The number of carbonyl (C=O) groups is 1. The van der Waals surface area contributed by atoms with Crippen LogP contribution in [-0.4, -0.2) is 70.6 Å². The summed E-state index contributed by atoms with van der Waals surface area (Å²) < 4.78 is 11.3. The fraction of sp³-hybridized carbons (Fsp3) is 0.520. The van der Waals surface area contributed by atoms with E-state index < -0.39 is 5.60 Å². The van der Waals surface area contributed by atoms with Gasteiger partial charge in [0, 0.05) is 51.2 Å². The van der Waals surface area contributed by atoms with Gasteiger partial charge in [0.15, 0.2) is 0 Å². The molecule has 1 aliphatic heterocycles. The standard InChI is InChI=1S/C25H37N7O3/c1-16-12-19(15-31-10-11-32(17(2)14-31)24(33)35-25(4,5)6)18(3)21(13-16)28-23-30-29-22(34-23)20(27-7)8-9-26/h8-9,12-13,17,26-27H,10-11,14-15H2,1-7H3,(H,28,30)/b20-8-,26-9?/t17-/m0/s1. The molecule has 0 unspecified atom stereocenters. The van der Waals surface area contributed by atoms with Gasteiger partial charge in [0.2, 0.25) is 0 Å². The van der Waals surface area contributed by atoms with Crippen molar-refractivity contribution in [2.45, 2.75) is 59.7 Å². The average Bonchev–Trinajstić information content (AvgIpc) is 3.22. The minimum Gasteiger partial charge on any atom is -0.444 e. The fourth-order valence-corrected chi connectivity index (χ4v) is 4.08. The molecule has 2 heterocycles. The lowest BCUT2D eigenvalue weighted by Gasteiger charge is -2.40. The van der Waals surface area contributed by atoms with Crippen LogP contribution in [-0.2, 0) is 11.3 Å². The van der Waals surface area contributed by atoms with E-state index in [0.717, 1.165) is 42.7 Å². The topological polar surface area (TPSA) is 120 Å². The molecule has 1 aromatic heterocycles. The van der Waals surface area contributed by atoms with Crippen LogP contribution in [0.3, 0.4) is 0 Å². The van der Waals surface area contributed by atoms with Crippen LogP contribution < -0.4 is 10.6 Å². The first-order valence-electron chi connectivity index (χ1n) is 11.8. The van der Waals surface area contributed by atoms with Crippen molar-refractivity contribution >= 4 is 29.7 Å². The summed E-state index contributed by atoms with van der Waals surface area (Å²) in [6.07, 6.45) is 2.46. The van der Waals surface area contributed by atoms with Gasteiger partial charge in [-0.15, -0.1) is 5.10 Å². The van der Waals surface area contributed by atoms with Crippen LogP contribution in [0, 0.1) is 19.3 Å². The van der Waals surface area contributed by atoms with Gasteiger partial charge in [-0.05, 0) is 70.4 Å². The van der Waals surface area contributed by atoms with Crippen LogP contribution in [0.4, 0.5) is 16.5 Å². The zero-order valence-corrected chi connectivity index (χ0v) is 21.7. The van der Waals surface area contributed by atoms with Crippen molar-refractivity contribution < 1.29 is 13.9 Å². The molecule has 10 nitrogen and oxygen atoms in total. The van der Waals surface area contributed by atoms with E-state index >= 15 is 0 Å². The van der Waals surface area contributed by atoms with Gasteiger partial charge in [0.05, 0.1) is 0 Å². The summed E-state index contributed by atoms with van der Waals surface area (Å²) in [6, 6.07) is 4.59. The van der Waals surface area contributed by atoms with Crippen LogP contribution >= 0.6 is 0 Å². The molecule has 0 aliphatic carbocycles. The minimum absolute atomic E-state index is 0.0634. The summed E-state index contributed by atoms with van der Waals surface area (Å²) in [5.41, 5.74) is 4.39. The lowest BCUT2D eigenvalue weighted by atomic mass is 10.0. The predicted molar refractivity (Wildman–Crippen MR) is 137 cm³/mol. The number of amides is 1. The van der Waals surface area contributed by atoms with Crippen molar-refractivity contribution in [3.8, 4) is 0 Å². The summed E-state index contributed by atoms with van der Waals surface area (Å²) >= 11 is 0. The first kappa shape index (κ1) is 26.2. The molecule has 0 radical (unpaired) electrons. The number of carbonyl (C=O) groups excluding carboxylic acids is 1. The van der Waals surface area contributed by atoms with Crippen molar-refractivity contribution in [2.24, 2.45) is 0 Å². The maximum atomic E-state index is 12.5. The van der Waals surface area contributed by atoms with Gasteiger partial charge < -0.3 is 30.1 Å². The molecular formula is C25H37N7O3. The maximum Gasteiger partial charge on any atom is 0.410 e. The van der Waals surface area contributed by atoms with Crippen molar-refractivity contribution in [3.63, 3.8) is 0 Å². The number of nitrogens with zero attached hydrogens (tertiary/aromatic N) is 4. The molecular weight excluding hydrogens is 446 g/mol. The number of anilines is 2. The molecule has 190 valence electrons. The lowest BCUT2D eigenvalue weighted by molar-refractivity contribution is 0.000539. The molecule has 1 aliphatic rings. The third kappa shape index (κ3) is 6.82. The Hall–Kier alpha value is -3.40. The molecule has 1 aromatic carbocycles. The van der Waals surface area contributed by atoms with Crippen LogP contribution in [0.15, 0.2) is 22.6 Å². The third-order valence-corrected chi connectivity index (χ3v) is 5.81. The lowest BCUT2D eigenvalue weighted by Crippen LogP contribution is -2.54. The Kier molecular flexibility index (Phi) is 8.16. The van der Waals surface area contributed by atoms with Crippen molar-refractivity contribution in [2.75, 3.05) is 32.0 Å². The zero-order chi connectivity index (χ0) is 25.8. The Labute approximate surface area is 207 Å². The third-order valence-electron chi connectivity index (χ3n) is 5.81. The monoisotopic (exact) mass is 483 g/mol. The van der Waals surface area contributed by atoms with Crippen LogP contribution in [0.1, 0.15) is 50.3 Å². The number of aromatic nitrogens is 2. The number of piperazine rings is 1. The van der Waals surface area contributed by atoms with E-state index in [4.69, 9.17) is 14.6 Å². The number of hydrogen-bond donors (Lipinski definition) is 3. The van der Waals surface area contributed by atoms with Gasteiger partial charge in [0.25, 0.3) is 5.89 Å². The number of ether oxygens (including phenoxy) is 1. The quantitative estimate of drug-likeness (QED) is 0.504. The maximum absolute atomic E-state index is 12.5. The number of benzene rings is 1.